The van der Waals surface area contributed by atoms with Crippen LogP contribution in [0.25, 0.3) is 22.4 Å². The second-order valence-corrected chi connectivity index (χ2v) is 8.71. The van der Waals surface area contributed by atoms with Crippen molar-refractivity contribution in [2.24, 2.45) is 0 Å². The molecule has 186 valence electrons. The molecule has 0 fully saturated rings. The van der Waals surface area contributed by atoms with Gasteiger partial charge in [-0.25, -0.2) is 4.98 Å². The molecule has 0 saturated heterocycles. The van der Waals surface area contributed by atoms with Crippen LogP contribution in [0.2, 0.25) is 0 Å². The summed E-state index contributed by atoms with van der Waals surface area (Å²) in [5, 5.41) is 10.5. The number of esters is 1. The number of aromatic nitrogens is 1. The average molecular weight is 513 g/mol. The van der Waals surface area contributed by atoms with E-state index < -0.39 is 5.97 Å². The lowest BCUT2D eigenvalue weighted by molar-refractivity contribution is -0.131. The number of ether oxygens (including phenoxy) is 4. The topological polar surface area (TPSA) is 90.7 Å². The van der Waals surface area contributed by atoms with Crippen molar-refractivity contribution < 1.29 is 23.7 Å². The first-order valence-corrected chi connectivity index (χ1v) is 12.2. The van der Waals surface area contributed by atoms with Gasteiger partial charge in [-0.05, 0) is 60.2 Å². The van der Waals surface area contributed by atoms with Crippen molar-refractivity contribution in [3.05, 3.63) is 84.4 Å². The van der Waals surface area contributed by atoms with Crippen LogP contribution in [0.1, 0.15) is 5.56 Å². The molecule has 0 unspecified atom stereocenters. The maximum atomic E-state index is 12.6. The van der Waals surface area contributed by atoms with Gasteiger partial charge < -0.3 is 18.9 Å². The number of hydrogen-bond donors (Lipinski definition) is 0. The van der Waals surface area contributed by atoms with Gasteiger partial charge in [0.25, 0.3) is 0 Å². The van der Waals surface area contributed by atoms with Gasteiger partial charge in [-0.3, -0.25) is 4.79 Å². The minimum absolute atomic E-state index is 0.0347. The molecule has 0 aliphatic rings. The zero-order valence-corrected chi connectivity index (χ0v) is 21.4. The number of thioether (sulfide) groups is 1. The molecule has 4 rings (SSSR count). The second kappa shape index (κ2) is 12.0. The fourth-order valence-corrected chi connectivity index (χ4v) is 4.37. The van der Waals surface area contributed by atoms with Crippen LogP contribution < -0.4 is 18.9 Å². The van der Waals surface area contributed by atoms with Crippen molar-refractivity contribution >= 4 is 17.7 Å². The van der Waals surface area contributed by atoms with Gasteiger partial charge in [0.1, 0.15) is 34.1 Å². The maximum absolute atomic E-state index is 12.6. The number of rotatable bonds is 9. The fourth-order valence-electron chi connectivity index (χ4n) is 3.59. The van der Waals surface area contributed by atoms with Gasteiger partial charge >= 0.3 is 5.97 Å². The standard InChI is InChI=1S/C29H24N2O5S/c1-33-21-11-7-19(8-12-21)25-16-27(20-9-13-22(34-2)14-10-20)31-29(26(25)17-30)37-18-28(32)36-24-6-4-5-23(15-24)35-3/h4-16H,18H2,1-3H3. The summed E-state index contributed by atoms with van der Waals surface area (Å²) in [7, 11) is 4.75. The van der Waals surface area contributed by atoms with Crippen LogP contribution >= 0.6 is 11.8 Å². The summed E-state index contributed by atoms with van der Waals surface area (Å²) in [6.07, 6.45) is 0. The van der Waals surface area contributed by atoms with E-state index in [9.17, 15) is 10.1 Å². The molecule has 0 radical (unpaired) electrons. The number of benzene rings is 3. The highest BCUT2D eigenvalue weighted by Crippen LogP contribution is 2.35. The Morgan fingerprint density at radius 1 is 0.811 bits per heavy atom. The molecule has 0 aliphatic carbocycles. The van der Waals surface area contributed by atoms with Crippen LogP contribution in [0.15, 0.2) is 83.9 Å². The van der Waals surface area contributed by atoms with Gasteiger partial charge in [-0.1, -0.05) is 30.0 Å². The number of hydrogen-bond acceptors (Lipinski definition) is 8. The molecule has 4 aromatic rings. The molecule has 0 amide bonds. The first-order chi connectivity index (χ1) is 18.0. The predicted octanol–water partition coefficient (Wildman–Crippen LogP) is 6.01. The number of methoxy groups -OCH3 is 3. The van der Waals surface area contributed by atoms with Crippen molar-refractivity contribution in [1.82, 2.24) is 4.98 Å². The van der Waals surface area contributed by atoms with Crippen molar-refractivity contribution in [3.63, 3.8) is 0 Å². The summed E-state index contributed by atoms with van der Waals surface area (Å²) in [5.74, 6) is 1.90. The second-order valence-electron chi connectivity index (χ2n) is 7.75. The predicted molar refractivity (Wildman–Crippen MR) is 142 cm³/mol. The molecule has 0 bridgehead atoms. The molecule has 1 heterocycles. The summed E-state index contributed by atoms with van der Waals surface area (Å²) < 4.78 is 21.2. The first-order valence-electron chi connectivity index (χ1n) is 11.3. The van der Waals surface area contributed by atoms with E-state index in [2.05, 4.69) is 6.07 Å². The van der Waals surface area contributed by atoms with Crippen LogP contribution in [-0.2, 0) is 4.79 Å². The molecule has 37 heavy (non-hydrogen) atoms. The third-order valence-electron chi connectivity index (χ3n) is 5.48. The number of carbonyl (C=O) groups is 1. The molecule has 0 saturated carbocycles. The van der Waals surface area contributed by atoms with Crippen molar-refractivity contribution in [2.45, 2.75) is 5.03 Å². The van der Waals surface area contributed by atoms with E-state index >= 15 is 0 Å². The maximum Gasteiger partial charge on any atom is 0.321 e. The third-order valence-corrected chi connectivity index (χ3v) is 6.43. The molecule has 0 atom stereocenters. The van der Waals surface area contributed by atoms with Crippen molar-refractivity contribution in [2.75, 3.05) is 27.1 Å². The molecule has 3 aromatic carbocycles. The number of carbonyl (C=O) groups excluding carboxylic acids is 1. The van der Waals surface area contributed by atoms with Crippen molar-refractivity contribution in [3.8, 4) is 51.5 Å². The van der Waals surface area contributed by atoms with Crippen LogP contribution in [0.3, 0.4) is 0 Å². The summed E-state index contributed by atoms with van der Waals surface area (Å²) in [5.41, 5.74) is 3.42. The Morgan fingerprint density at radius 3 is 2.00 bits per heavy atom. The van der Waals surface area contributed by atoms with Gasteiger partial charge in [0.15, 0.2) is 0 Å². The van der Waals surface area contributed by atoms with Gasteiger partial charge in [0, 0.05) is 17.2 Å². The van der Waals surface area contributed by atoms with E-state index in [-0.39, 0.29) is 5.75 Å². The minimum atomic E-state index is -0.468. The largest absolute Gasteiger partial charge is 0.497 e. The molecule has 1 aromatic heterocycles. The summed E-state index contributed by atoms with van der Waals surface area (Å²) in [4.78, 5) is 17.4. The van der Waals surface area contributed by atoms with Crippen LogP contribution in [-0.4, -0.2) is 38.0 Å². The molecular weight excluding hydrogens is 488 g/mol. The molecule has 7 nitrogen and oxygen atoms in total. The Morgan fingerprint density at radius 2 is 1.41 bits per heavy atom. The van der Waals surface area contributed by atoms with E-state index in [1.807, 2.05) is 54.6 Å². The SMILES string of the molecule is COc1ccc(-c2cc(-c3ccc(OC)cc3)c(C#N)c(SCC(=O)Oc3cccc(OC)c3)n2)cc1. The monoisotopic (exact) mass is 512 g/mol. The van der Waals surface area contributed by atoms with Gasteiger partial charge in [-0.15, -0.1) is 0 Å². The zero-order chi connectivity index (χ0) is 26.2. The Kier molecular flexibility index (Phi) is 8.29. The average Bonchev–Trinajstić information content (AvgIpc) is 2.95. The molecule has 0 N–H and O–H groups in total. The van der Waals surface area contributed by atoms with E-state index in [0.717, 1.165) is 28.6 Å². The lowest BCUT2D eigenvalue weighted by atomic mass is 9.99. The van der Waals surface area contributed by atoms with Crippen molar-refractivity contribution in [1.29, 1.82) is 5.26 Å². The lowest BCUT2D eigenvalue weighted by Gasteiger charge is -2.13. The Balaban J connectivity index is 1.68. The number of nitriles is 1. The van der Waals surface area contributed by atoms with Crippen LogP contribution in [0, 0.1) is 11.3 Å². The normalized spacial score (nSPS) is 10.3. The van der Waals surface area contributed by atoms with Crippen LogP contribution in [0.5, 0.6) is 23.0 Å². The molecule has 8 heteroatoms. The molecule has 0 aliphatic heterocycles. The van der Waals surface area contributed by atoms with E-state index in [4.69, 9.17) is 23.9 Å². The highest BCUT2D eigenvalue weighted by Gasteiger charge is 2.18. The fraction of sp³-hybridized carbons (Fsp3) is 0.138. The zero-order valence-electron chi connectivity index (χ0n) is 20.6. The Hall–Kier alpha value is -4.48. The lowest BCUT2D eigenvalue weighted by Crippen LogP contribution is -2.11. The Bertz CT molecular complexity index is 1430. The van der Waals surface area contributed by atoms with Gasteiger partial charge in [-0.2, -0.15) is 5.26 Å². The highest BCUT2D eigenvalue weighted by atomic mass is 32.2. The van der Waals surface area contributed by atoms with Gasteiger partial charge in [0.05, 0.1) is 38.3 Å². The summed E-state index contributed by atoms with van der Waals surface area (Å²) in [6, 6.07) is 25.9. The smallest absolute Gasteiger partial charge is 0.321 e. The third kappa shape index (κ3) is 6.21. The van der Waals surface area contributed by atoms with E-state index in [1.54, 1.807) is 45.6 Å². The molecule has 0 spiro atoms. The first kappa shape index (κ1) is 25.6. The number of pyridine rings is 1. The van der Waals surface area contributed by atoms with Crippen LogP contribution in [0.4, 0.5) is 0 Å². The van der Waals surface area contributed by atoms with E-state index in [0.29, 0.717) is 39.1 Å². The summed E-state index contributed by atoms with van der Waals surface area (Å²) >= 11 is 1.15. The molecular formula is C29H24N2O5S. The minimum Gasteiger partial charge on any atom is -0.497 e. The van der Waals surface area contributed by atoms with E-state index in [1.165, 1.54) is 0 Å². The Labute approximate surface area is 219 Å². The quantitative estimate of drug-likeness (QED) is 0.153. The highest BCUT2D eigenvalue weighted by molar-refractivity contribution is 7.99. The van der Waals surface area contributed by atoms with Gasteiger partial charge in [0.2, 0.25) is 0 Å². The number of nitrogens with zero attached hydrogens (tertiary/aromatic N) is 2. The summed E-state index contributed by atoms with van der Waals surface area (Å²) in [6.45, 7) is 0.